The van der Waals surface area contributed by atoms with Crippen molar-refractivity contribution < 1.29 is 9.90 Å². The molecule has 0 aromatic heterocycles. The van der Waals surface area contributed by atoms with Gasteiger partial charge in [-0.3, -0.25) is 4.79 Å². The third-order valence-corrected chi connectivity index (χ3v) is 4.71. The first-order valence-electron chi connectivity index (χ1n) is 6.47. The van der Waals surface area contributed by atoms with Crippen molar-refractivity contribution in [2.45, 2.75) is 53.1 Å². The van der Waals surface area contributed by atoms with Crippen LogP contribution in [0.25, 0.3) is 0 Å². The third kappa shape index (κ3) is 1.89. The molecule has 3 atom stereocenters. The van der Waals surface area contributed by atoms with Crippen LogP contribution in [0.4, 0.5) is 0 Å². The Balaban J connectivity index is 2.51. The van der Waals surface area contributed by atoms with E-state index in [2.05, 4.69) is 13.8 Å². The van der Waals surface area contributed by atoms with Crippen LogP contribution in [0.3, 0.4) is 0 Å². The second-order valence-electron chi connectivity index (χ2n) is 6.03. The van der Waals surface area contributed by atoms with Gasteiger partial charge in [0.15, 0.2) is 5.78 Å². The van der Waals surface area contributed by atoms with E-state index in [0.717, 1.165) is 36.0 Å². The van der Waals surface area contributed by atoms with E-state index in [0.29, 0.717) is 5.92 Å². The first-order chi connectivity index (χ1) is 7.86. The molecule has 0 aromatic carbocycles. The van der Waals surface area contributed by atoms with Crippen LogP contribution in [0.2, 0.25) is 0 Å². The summed E-state index contributed by atoms with van der Waals surface area (Å²) < 4.78 is 0. The van der Waals surface area contributed by atoms with Crippen molar-refractivity contribution in [1.82, 2.24) is 0 Å². The summed E-state index contributed by atoms with van der Waals surface area (Å²) in [7, 11) is 0. The second kappa shape index (κ2) is 4.09. The first-order valence-corrected chi connectivity index (χ1v) is 6.47. The number of carbonyl (C=O) groups excluding carboxylic acids is 1. The number of aliphatic hydroxyl groups is 1. The number of rotatable bonds is 0. The van der Waals surface area contributed by atoms with Crippen LogP contribution < -0.4 is 0 Å². The Kier molecular flexibility index (Phi) is 3.03. The van der Waals surface area contributed by atoms with E-state index in [1.807, 2.05) is 13.8 Å². The smallest absolute Gasteiger partial charge is 0.181 e. The molecule has 2 heteroatoms. The first kappa shape index (κ1) is 12.6. The summed E-state index contributed by atoms with van der Waals surface area (Å²) in [6, 6.07) is 0. The topological polar surface area (TPSA) is 37.3 Å². The molecule has 0 heterocycles. The molecule has 2 nitrogen and oxygen atoms in total. The molecule has 1 N–H and O–H groups in total. The van der Waals surface area contributed by atoms with E-state index in [4.69, 9.17) is 0 Å². The molecular formula is C15H22O2. The van der Waals surface area contributed by atoms with Crippen molar-refractivity contribution in [3.05, 3.63) is 22.8 Å². The van der Waals surface area contributed by atoms with Gasteiger partial charge in [-0.25, -0.2) is 0 Å². The van der Waals surface area contributed by atoms with Crippen LogP contribution >= 0.6 is 0 Å². The molecule has 2 rings (SSSR count). The molecule has 0 aromatic rings. The molecule has 1 fully saturated rings. The lowest BCUT2D eigenvalue weighted by molar-refractivity contribution is -0.112. The minimum absolute atomic E-state index is 0.0296. The minimum Gasteiger partial charge on any atom is -0.389 e. The van der Waals surface area contributed by atoms with Gasteiger partial charge in [0.05, 0.1) is 6.10 Å². The number of hydrogen-bond donors (Lipinski definition) is 1. The number of ketones is 1. The Morgan fingerprint density at radius 3 is 2.65 bits per heavy atom. The summed E-state index contributed by atoms with van der Waals surface area (Å²) in [4.78, 5) is 12.0. The Bertz CT molecular complexity index is 413. The highest BCUT2D eigenvalue weighted by Crippen LogP contribution is 2.51. The fraction of sp³-hybridized carbons (Fsp3) is 0.667. The summed E-state index contributed by atoms with van der Waals surface area (Å²) >= 11 is 0. The molecule has 0 spiro atoms. The molecule has 94 valence electrons. The van der Waals surface area contributed by atoms with Gasteiger partial charge in [-0.2, -0.15) is 0 Å². The monoisotopic (exact) mass is 234 g/mol. The van der Waals surface area contributed by atoms with Gasteiger partial charge in [-0.05, 0) is 61.7 Å². The average Bonchev–Trinajstić information content (AvgIpc) is 2.26. The number of fused-ring (bicyclic) bond motifs is 1. The molecule has 0 bridgehead atoms. The molecule has 0 radical (unpaired) electrons. The molecular weight excluding hydrogens is 212 g/mol. The SMILES string of the molecule is CC(C)=C1CC2(C)C(=CC1=O)C(O)CCC2C. The van der Waals surface area contributed by atoms with Crippen LogP contribution in [0.15, 0.2) is 22.8 Å². The highest BCUT2D eigenvalue weighted by atomic mass is 16.3. The van der Waals surface area contributed by atoms with E-state index in [9.17, 15) is 9.90 Å². The van der Waals surface area contributed by atoms with Gasteiger partial charge in [0.2, 0.25) is 0 Å². The van der Waals surface area contributed by atoms with Gasteiger partial charge < -0.3 is 5.11 Å². The Morgan fingerprint density at radius 1 is 1.41 bits per heavy atom. The Hall–Kier alpha value is -0.890. The van der Waals surface area contributed by atoms with Crippen LogP contribution in [0, 0.1) is 11.3 Å². The van der Waals surface area contributed by atoms with Gasteiger partial charge in [-0.1, -0.05) is 19.4 Å². The maximum atomic E-state index is 12.0. The predicted octanol–water partition coefficient (Wildman–Crippen LogP) is 3.02. The number of allylic oxidation sites excluding steroid dienone is 3. The van der Waals surface area contributed by atoms with Crippen molar-refractivity contribution in [2.75, 3.05) is 0 Å². The molecule has 2 aliphatic carbocycles. The van der Waals surface area contributed by atoms with Gasteiger partial charge in [0.25, 0.3) is 0 Å². The molecule has 0 saturated heterocycles. The normalized spacial score (nSPS) is 37.6. The quantitative estimate of drug-likeness (QED) is 0.654. The summed E-state index contributed by atoms with van der Waals surface area (Å²) in [5.41, 5.74) is 2.99. The second-order valence-corrected chi connectivity index (χ2v) is 6.03. The minimum atomic E-state index is -0.418. The zero-order valence-electron chi connectivity index (χ0n) is 11.2. The van der Waals surface area contributed by atoms with Gasteiger partial charge in [0, 0.05) is 0 Å². The fourth-order valence-electron chi connectivity index (χ4n) is 3.19. The standard InChI is InChI=1S/C15H22O2/c1-9(2)11-8-15(4)10(3)5-6-13(16)12(15)7-14(11)17/h7,10,13,16H,5-6,8H2,1-4H3. The predicted molar refractivity (Wildman–Crippen MR) is 68.6 cm³/mol. The number of hydrogen-bond acceptors (Lipinski definition) is 2. The van der Waals surface area contributed by atoms with Crippen molar-refractivity contribution in [1.29, 1.82) is 0 Å². The van der Waals surface area contributed by atoms with E-state index in [1.165, 1.54) is 0 Å². The highest BCUT2D eigenvalue weighted by molar-refractivity contribution is 6.06. The van der Waals surface area contributed by atoms with Crippen LogP contribution in [-0.4, -0.2) is 17.0 Å². The van der Waals surface area contributed by atoms with Crippen molar-refractivity contribution in [3.63, 3.8) is 0 Å². The molecule has 17 heavy (non-hydrogen) atoms. The van der Waals surface area contributed by atoms with E-state index in [-0.39, 0.29) is 11.2 Å². The number of aliphatic hydroxyl groups excluding tert-OH is 1. The van der Waals surface area contributed by atoms with Crippen molar-refractivity contribution in [3.8, 4) is 0 Å². The molecule has 0 amide bonds. The zero-order chi connectivity index (χ0) is 12.8. The van der Waals surface area contributed by atoms with Crippen LogP contribution in [0.5, 0.6) is 0 Å². The van der Waals surface area contributed by atoms with Crippen molar-refractivity contribution in [2.24, 2.45) is 11.3 Å². The summed E-state index contributed by atoms with van der Waals surface area (Å²) in [5.74, 6) is 0.630. The average molecular weight is 234 g/mol. The summed E-state index contributed by atoms with van der Waals surface area (Å²) in [6.45, 7) is 8.43. The van der Waals surface area contributed by atoms with Crippen molar-refractivity contribution >= 4 is 5.78 Å². The zero-order valence-corrected chi connectivity index (χ0v) is 11.2. The lowest BCUT2D eigenvalue weighted by atomic mass is 9.58. The largest absolute Gasteiger partial charge is 0.389 e. The summed E-state index contributed by atoms with van der Waals surface area (Å²) in [6.07, 6.45) is 3.91. The number of carbonyl (C=O) groups is 1. The lowest BCUT2D eigenvalue weighted by Gasteiger charge is -2.47. The Labute approximate surface area is 103 Å². The molecule has 2 aliphatic rings. The lowest BCUT2D eigenvalue weighted by Crippen LogP contribution is -2.42. The van der Waals surface area contributed by atoms with Crippen LogP contribution in [-0.2, 0) is 4.79 Å². The summed E-state index contributed by atoms with van der Waals surface area (Å²) in [5, 5.41) is 10.1. The molecule has 1 saturated carbocycles. The van der Waals surface area contributed by atoms with E-state index < -0.39 is 6.10 Å². The third-order valence-electron chi connectivity index (χ3n) is 4.71. The maximum Gasteiger partial charge on any atom is 0.181 e. The van der Waals surface area contributed by atoms with E-state index >= 15 is 0 Å². The highest BCUT2D eigenvalue weighted by Gasteiger charge is 2.45. The van der Waals surface area contributed by atoms with Crippen LogP contribution in [0.1, 0.15) is 47.0 Å². The Morgan fingerprint density at radius 2 is 2.06 bits per heavy atom. The fourth-order valence-corrected chi connectivity index (χ4v) is 3.19. The maximum absolute atomic E-state index is 12.0. The van der Waals surface area contributed by atoms with Gasteiger partial charge in [0.1, 0.15) is 0 Å². The van der Waals surface area contributed by atoms with E-state index in [1.54, 1.807) is 6.08 Å². The molecule has 0 aliphatic heterocycles. The molecule has 3 unspecified atom stereocenters. The van der Waals surface area contributed by atoms with Gasteiger partial charge in [-0.15, -0.1) is 0 Å². The van der Waals surface area contributed by atoms with Gasteiger partial charge >= 0.3 is 0 Å².